The molecule has 6 heteroatoms. The van der Waals surface area contributed by atoms with Gasteiger partial charge in [-0.2, -0.15) is 0 Å². The van der Waals surface area contributed by atoms with Gasteiger partial charge in [0.15, 0.2) is 0 Å². The van der Waals surface area contributed by atoms with Crippen LogP contribution in [0.3, 0.4) is 0 Å². The van der Waals surface area contributed by atoms with Gasteiger partial charge in [0.05, 0.1) is 17.5 Å². The number of pyridine rings is 1. The van der Waals surface area contributed by atoms with E-state index >= 15 is 0 Å². The molecule has 0 bridgehead atoms. The van der Waals surface area contributed by atoms with Gasteiger partial charge in [0.25, 0.3) is 11.9 Å². The first-order chi connectivity index (χ1) is 10.1. The number of aliphatic imine (C=N–C) groups is 1. The van der Waals surface area contributed by atoms with Crippen molar-refractivity contribution in [2.75, 3.05) is 0 Å². The number of carbonyl (C=O) groups is 1. The number of amidine groups is 1. The third-order valence-electron chi connectivity index (χ3n) is 2.44. The summed E-state index contributed by atoms with van der Waals surface area (Å²) in [4.78, 5) is 21.0. The zero-order valence-electron chi connectivity index (χ0n) is 11.9. The first kappa shape index (κ1) is 15.2. The SMILES string of the molecule is CC(C)OC(=NCc1cccnc1)NC(=O)c1cccs1. The Morgan fingerprint density at radius 2 is 2.29 bits per heavy atom. The number of aromatic nitrogens is 1. The van der Waals surface area contributed by atoms with Crippen LogP contribution in [0.15, 0.2) is 47.0 Å². The summed E-state index contributed by atoms with van der Waals surface area (Å²) < 4.78 is 5.54. The van der Waals surface area contributed by atoms with Crippen molar-refractivity contribution in [2.45, 2.75) is 26.5 Å². The summed E-state index contributed by atoms with van der Waals surface area (Å²) in [5.41, 5.74) is 0.952. The van der Waals surface area contributed by atoms with Crippen molar-refractivity contribution in [1.29, 1.82) is 0 Å². The summed E-state index contributed by atoms with van der Waals surface area (Å²) >= 11 is 1.37. The van der Waals surface area contributed by atoms with Crippen LogP contribution < -0.4 is 5.32 Å². The largest absolute Gasteiger partial charge is 0.462 e. The van der Waals surface area contributed by atoms with Crippen LogP contribution in [0.4, 0.5) is 0 Å². The molecule has 2 aromatic rings. The van der Waals surface area contributed by atoms with Crippen LogP contribution in [0.1, 0.15) is 29.1 Å². The minimum atomic E-state index is -0.212. The molecule has 2 rings (SSSR count). The molecule has 0 aromatic carbocycles. The highest BCUT2D eigenvalue weighted by Crippen LogP contribution is 2.08. The lowest BCUT2D eigenvalue weighted by atomic mass is 10.3. The molecule has 2 aromatic heterocycles. The number of carbonyl (C=O) groups excluding carboxylic acids is 1. The van der Waals surface area contributed by atoms with Crippen LogP contribution in [-0.2, 0) is 11.3 Å². The Bertz CT molecular complexity index is 595. The zero-order valence-corrected chi connectivity index (χ0v) is 12.8. The predicted molar refractivity (Wildman–Crippen MR) is 83.4 cm³/mol. The van der Waals surface area contributed by atoms with Gasteiger partial charge in [-0.25, -0.2) is 4.99 Å². The van der Waals surface area contributed by atoms with E-state index in [1.54, 1.807) is 18.5 Å². The second-order valence-electron chi connectivity index (χ2n) is 4.58. The monoisotopic (exact) mass is 303 g/mol. The maximum atomic E-state index is 12.0. The number of amides is 1. The van der Waals surface area contributed by atoms with Crippen molar-refractivity contribution < 1.29 is 9.53 Å². The molecule has 0 radical (unpaired) electrons. The van der Waals surface area contributed by atoms with E-state index in [0.717, 1.165) is 5.56 Å². The Balaban J connectivity index is 2.05. The molecule has 0 spiro atoms. The molecular weight excluding hydrogens is 286 g/mol. The van der Waals surface area contributed by atoms with E-state index in [2.05, 4.69) is 15.3 Å². The number of ether oxygens (including phenoxy) is 1. The zero-order chi connectivity index (χ0) is 15.1. The summed E-state index contributed by atoms with van der Waals surface area (Å²) in [6.07, 6.45) is 3.37. The molecule has 0 unspecified atom stereocenters. The molecule has 0 saturated heterocycles. The highest BCUT2D eigenvalue weighted by Gasteiger charge is 2.12. The lowest BCUT2D eigenvalue weighted by Crippen LogP contribution is -2.33. The number of nitrogens with zero attached hydrogens (tertiary/aromatic N) is 2. The van der Waals surface area contributed by atoms with Gasteiger partial charge in [-0.05, 0) is 36.9 Å². The molecule has 0 fully saturated rings. The number of hydrogen-bond acceptors (Lipinski definition) is 5. The number of rotatable bonds is 4. The lowest BCUT2D eigenvalue weighted by Gasteiger charge is -2.13. The maximum absolute atomic E-state index is 12.0. The van der Waals surface area contributed by atoms with Crippen molar-refractivity contribution in [3.05, 3.63) is 52.5 Å². The van der Waals surface area contributed by atoms with E-state index in [1.807, 2.05) is 37.4 Å². The minimum Gasteiger partial charge on any atom is -0.462 e. The Morgan fingerprint density at radius 1 is 1.43 bits per heavy atom. The fourth-order valence-electron chi connectivity index (χ4n) is 1.55. The van der Waals surface area contributed by atoms with Crippen LogP contribution in [0.25, 0.3) is 0 Å². The molecule has 0 aliphatic rings. The van der Waals surface area contributed by atoms with E-state index < -0.39 is 0 Å². The molecule has 0 aliphatic carbocycles. The average molecular weight is 303 g/mol. The summed E-state index contributed by atoms with van der Waals surface area (Å²) in [6, 6.07) is 7.58. The average Bonchev–Trinajstić information content (AvgIpc) is 2.99. The van der Waals surface area contributed by atoms with Gasteiger partial charge in [-0.3, -0.25) is 15.1 Å². The first-order valence-corrected chi connectivity index (χ1v) is 7.48. The molecule has 1 N–H and O–H groups in total. The number of thiophene rings is 1. The lowest BCUT2D eigenvalue weighted by molar-refractivity contribution is 0.0963. The summed E-state index contributed by atoms with van der Waals surface area (Å²) in [5, 5.41) is 4.55. The smallest absolute Gasteiger partial charge is 0.292 e. The third-order valence-corrected chi connectivity index (χ3v) is 3.31. The molecule has 110 valence electrons. The van der Waals surface area contributed by atoms with E-state index in [1.165, 1.54) is 11.3 Å². The Hall–Kier alpha value is -2.21. The van der Waals surface area contributed by atoms with Crippen LogP contribution >= 0.6 is 11.3 Å². The quantitative estimate of drug-likeness (QED) is 0.698. The molecule has 0 aliphatic heterocycles. The molecule has 0 saturated carbocycles. The standard InChI is InChI=1S/C15H17N3O2S/c1-11(2)20-15(17-10-12-5-3-7-16-9-12)18-14(19)13-6-4-8-21-13/h3-9,11H,10H2,1-2H3,(H,17,18,19). The van der Waals surface area contributed by atoms with E-state index in [0.29, 0.717) is 11.4 Å². The minimum absolute atomic E-state index is 0.0683. The molecule has 2 heterocycles. The van der Waals surface area contributed by atoms with Gasteiger partial charge in [-0.1, -0.05) is 12.1 Å². The van der Waals surface area contributed by atoms with Gasteiger partial charge < -0.3 is 4.74 Å². The van der Waals surface area contributed by atoms with Gasteiger partial charge in [-0.15, -0.1) is 11.3 Å². The molecule has 0 atom stereocenters. The van der Waals surface area contributed by atoms with Crippen molar-refractivity contribution in [1.82, 2.24) is 10.3 Å². The molecular formula is C15H17N3O2S. The van der Waals surface area contributed by atoms with Crippen LogP contribution in [0.2, 0.25) is 0 Å². The van der Waals surface area contributed by atoms with Crippen molar-refractivity contribution >= 4 is 23.3 Å². The normalized spacial score (nSPS) is 11.5. The van der Waals surface area contributed by atoms with Gasteiger partial charge in [0.2, 0.25) is 0 Å². The highest BCUT2D eigenvalue weighted by molar-refractivity contribution is 7.12. The topological polar surface area (TPSA) is 63.6 Å². The fourth-order valence-corrected chi connectivity index (χ4v) is 2.17. The van der Waals surface area contributed by atoms with E-state index in [-0.39, 0.29) is 18.0 Å². The summed E-state index contributed by atoms with van der Waals surface area (Å²) in [5.74, 6) is -0.212. The summed E-state index contributed by atoms with van der Waals surface area (Å²) in [7, 11) is 0. The third kappa shape index (κ3) is 5.00. The van der Waals surface area contributed by atoms with E-state index in [9.17, 15) is 4.79 Å². The van der Waals surface area contributed by atoms with Gasteiger partial charge in [0.1, 0.15) is 0 Å². The highest BCUT2D eigenvalue weighted by atomic mass is 32.1. The van der Waals surface area contributed by atoms with E-state index in [4.69, 9.17) is 4.74 Å². The maximum Gasteiger partial charge on any atom is 0.292 e. The number of nitrogens with one attached hydrogen (secondary N) is 1. The first-order valence-electron chi connectivity index (χ1n) is 6.60. The Morgan fingerprint density at radius 3 is 2.90 bits per heavy atom. The Kier molecular flexibility index (Phi) is 5.45. The van der Waals surface area contributed by atoms with Gasteiger partial charge in [0, 0.05) is 12.4 Å². The van der Waals surface area contributed by atoms with Crippen LogP contribution in [0, 0.1) is 0 Å². The molecule has 21 heavy (non-hydrogen) atoms. The van der Waals surface area contributed by atoms with Crippen molar-refractivity contribution in [3.8, 4) is 0 Å². The van der Waals surface area contributed by atoms with Crippen molar-refractivity contribution in [2.24, 2.45) is 4.99 Å². The second kappa shape index (κ2) is 7.54. The summed E-state index contributed by atoms with van der Waals surface area (Å²) in [6.45, 7) is 4.17. The van der Waals surface area contributed by atoms with Crippen LogP contribution in [0.5, 0.6) is 0 Å². The van der Waals surface area contributed by atoms with Gasteiger partial charge >= 0.3 is 0 Å². The van der Waals surface area contributed by atoms with Crippen LogP contribution in [-0.4, -0.2) is 23.0 Å². The molecule has 1 amide bonds. The Labute approximate surface area is 127 Å². The number of hydrogen-bond donors (Lipinski definition) is 1. The fraction of sp³-hybridized carbons (Fsp3) is 0.267. The predicted octanol–water partition coefficient (Wildman–Crippen LogP) is 2.85. The molecule has 5 nitrogen and oxygen atoms in total. The van der Waals surface area contributed by atoms with Crippen molar-refractivity contribution in [3.63, 3.8) is 0 Å². The second-order valence-corrected chi connectivity index (χ2v) is 5.53.